The summed E-state index contributed by atoms with van der Waals surface area (Å²) >= 11 is 12.3. The number of urea groups is 1. The van der Waals surface area contributed by atoms with Gasteiger partial charge in [0.15, 0.2) is 0 Å². The van der Waals surface area contributed by atoms with E-state index >= 15 is 0 Å². The fourth-order valence-electron chi connectivity index (χ4n) is 2.66. The van der Waals surface area contributed by atoms with Crippen LogP contribution in [0, 0.1) is 0 Å². The molecule has 0 fully saturated rings. The number of carbonyl (C=O) groups is 1. The Kier molecular flexibility index (Phi) is 6.68. The van der Waals surface area contributed by atoms with Gasteiger partial charge in [-0.05, 0) is 35.2 Å². The Labute approximate surface area is 167 Å². The van der Waals surface area contributed by atoms with Crippen LogP contribution in [0.3, 0.4) is 0 Å². The number of rotatable bonds is 7. The smallest absolute Gasteiger partial charge is 0.315 e. The predicted molar refractivity (Wildman–Crippen MR) is 106 cm³/mol. The summed E-state index contributed by atoms with van der Waals surface area (Å²) in [5.74, 6) is 0. The lowest BCUT2D eigenvalue weighted by Crippen LogP contribution is -2.36. The fraction of sp³-hybridized carbons (Fsp3) is 0.211. The zero-order valence-corrected chi connectivity index (χ0v) is 16.0. The maximum Gasteiger partial charge on any atom is 0.315 e. The van der Waals surface area contributed by atoms with Gasteiger partial charge in [0.1, 0.15) is 12.7 Å². The Morgan fingerprint density at radius 1 is 1.04 bits per heavy atom. The van der Waals surface area contributed by atoms with Crippen LogP contribution in [-0.2, 0) is 19.5 Å². The topological polar surface area (TPSA) is 71.8 Å². The monoisotopic (exact) mass is 403 g/mol. The molecule has 0 unspecified atom stereocenters. The number of hydrogen-bond donors (Lipinski definition) is 2. The molecule has 0 atom stereocenters. The SMILES string of the molecule is O=C(NCCc1c(Cl)cccc1Cl)NCc1cccc(Cn2cncn2)c1. The Balaban J connectivity index is 1.45. The van der Waals surface area contributed by atoms with Crippen molar-refractivity contribution in [2.45, 2.75) is 19.5 Å². The van der Waals surface area contributed by atoms with Gasteiger partial charge in [-0.15, -0.1) is 0 Å². The minimum Gasteiger partial charge on any atom is -0.338 e. The summed E-state index contributed by atoms with van der Waals surface area (Å²) in [7, 11) is 0. The summed E-state index contributed by atoms with van der Waals surface area (Å²) in [6.45, 7) is 1.52. The van der Waals surface area contributed by atoms with Crippen LogP contribution in [0.1, 0.15) is 16.7 Å². The lowest BCUT2D eigenvalue weighted by atomic mass is 10.1. The van der Waals surface area contributed by atoms with E-state index in [1.54, 1.807) is 29.2 Å². The average molecular weight is 404 g/mol. The molecule has 0 spiro atoms. The van der Waals surface area contributed by atoms with Gasteiger partial charge in [-0.25, -0.2) is 14.5 Å². The Bertz CT molecular complexity index is 879. The van der Waals surface area contributed by atoms with E-state index in [4.69, 9.17) is 23.2 Å². The molecule has 0 saturated heterocycles. The highest BCUT2D eigenvalue weighted by atomic mass is 35.5. The molecule has 1 aromatic heterocycles. The minimum atomic E-state index is -0.236. The van der Waals surface area contributed by atoms with Gasteiger partial charge in [-0.2, -0.15) is 5.10 Å². The molecule has 2 aromatic carbocycles. The molecule has 0 aliphatic heterocycles. The zero-order chi connectivity index (χ0) is 19.1. The third-order valence-electron chi connectivity index (χ3n) is 3.98. The van der Waals surface area contributed by atoms with Crippen LogP contribution in [0.5, 0.6) is 0 Å². The summed E-state index contributed by atoms with van der Waals surface area (Å²) in [5, 5.41) is 11.0. The number of halogens is 2. The summed E-state index contributed by atoms with van der Waals surface area (Å²) in [4.78, 5) is 15.9. The van der Waals surface area contributed by atoms with Crippen molar-refractivity contribution in [3.05, 3.63) is 81.9 Å². The van der Waals surface area contributed by atoms with Gasteiger partial charge in [0, 0.05) is 23.1 Å². The van der Waals surface area contributed by atoms with Crippen LogP contribution in [0.15, 0.2) is 55.1 Å². The molecule has 8 heteroatoms. The first kappa shape index (κ1) is 19.2. The average Bonchev–Trinajstić information content (AvgIpc) is 3.16. The van der Waals surface area contributed by atoms with Crippen LogP contribution >= 0.6 is 23.2 Å². The highest BCUT2D eigenvalue weighted by Crippen LogP contribution is 2.24. The standard InChI is InChI=1S/C19H19Cl2N5O/c20-17-5-2-6-18(21)16(17)7-8-23-19(27)24-10-14-3-1-4-15(9-14)11-26-13-22-12-25-26/h1-6,9,12-13H,7-8,10-11H2,(H2,23,24,27). The molecule has 2 amide bonds. The van der Waals surface area contributed by atoms with Crippen molar-refractivity contribution in [1.82, 2.24) is 25.4 Å². The van der Waals surface area contributed by atoms with E-state index in [-0.39, 0.29) is 6.03 Å². The number of aromatic nitrogens is 3. The number of carbonyl (C=O) groups excluding carboxylic acids is 1. The molecular weight excluding hydrogens is 385 g/mol. The normalized spacial score (nSPS) is 10.6. The van der Waals surface area contributed by atoms with Gasteiger partial charge in [-0.1, -0.05) is 53.5 Å². The summed E-state index contributed by atoms with van der Waals surface area (Å²) in [6.07, 6.45) is 3.74. The van der Waals surface area contributed by atoms with E-state index in [2.05, 4.69) is 20.7 Å². The third kappa shape index (κ3) is 5.70. The van der Waals surface area contributed by atoms with Gasteiger partial charge in [0.25, 0.3) is 0 Å². The first-order valence-corrected chi connectivity index (χ1v) is 9.22. The van der Waals surface area contributed by atoms with Crippen LogP contribution in [0.25, 0.3) is 0 Å². The molecule has 0 bridgehead atoms. The molecule has 6 nitrogen and oxygen atoms in total. The Hall–Kier alpha value is -2.57. The third-order valence-corrected chi connectivity index (χ3v) is 4.69. The molecule has 0 aliphatic rings. The largest absolute Gasteiger partial charge is 0.338 e. The number of nitrogens with zero attached hydrogens (tertiary/aromatic N) is 3. The number of benzene rings is 2. The highest BCUT2D eigenvalue weighted by Gasteiger charge is 2.06. The second kappa shape index (κ2) is 9.39. The van der Waals surface area contributed by atoms with E-state index in [1.807, 2.05) is 24.3 Å². The molecule has 3 rings (SSSR count). The molecule has 0 saturated carbocycles. The predicted octanol–water partition coefficient (Wildman–Crippen LogP) is 3.68. The first-order chi connectivity index (χ1) is 13.1. The molecule has 0 radical (unpaired) electrons. The molecule has 140 valence electrons. The Morgan fingerprint density at radius 3 is 2.52 bits per heavy atom. The van der Waals surface area contributed by atoms with E-state index in [9.17, 15) is 4.79 Å². The first-order valence-electron chi connectivity index (χ1n) is 8.46. The van der Waals surface area contributed by atoms with Crippen molar-refractivity contribution in [3.63, 3.8) is 0 Å². The molecule has 27 heavy (non-hydrogen) atoms. The molecule has 0 aliphatic carbocycles. The van der Waals surface area contributed by atoms with Crippen molar-refractivity contribution in [1.29, 1.82) is 0 Å². The van der Waals surface area contributed by atoms with Crippen LogP contribution in [0.2, 0.25) is 10.0 Å². The number of amides is 2. The Morgan fingerprint density at radius 2 is 1.78 bits per heavy atom. The lowest BCUT2D eigenvalue weighted by molar-refractivity contribution is 0.240. The van der Waals surface area contributed by atoms with Crippen LogP contribution in [0.4, 0.5) is 4.79 Å². The van der Waals surface area contributed by atoms with Crippen molar-refractivity contribution in [2.24, 2.45) is 0 Å². The van der Waals surface area contributed by atoms with Crippen molar-refractivity contribution >= 4 is 29.2 Å². The quantitative estimate of drug-likeness (QED) is 0.631. The van der Waals surface area contributed by atoms with Gasteiger partial charge < -0.3 is 10.6 Å². The highest BCUT2D eigenvalue weighted by molar-refractivity contribution is 6.35. The second-order valence-electron chi connectivity index (χ2n) is 5.97. The molecule has 1 heterocycles. The molecule has 2 N–H and O–H groups in total. The van der Waals surface area contributed by atoms with Crippen molar-refractivity contribution in [2.75, 3.05) is 6.54 Å². The number of nitrogens with one attached hydrogen (secondary N) is 2. The summed E-state index contributed by atoms with van der Waals surface area (Å²) in [6, 6.07) is 13.1. The maximum absolute atomic E-state index is 12.0. The second-order valence-corrected chi connectivity index (χ2v) is 6.79. The van der Waals surface area contributed by atoms with E-state index in [1.165, 1.54) is 6.33 Å². The van der Waals surface area contributed by atoms with Gasteiger partial charge in [0.2, 0.25) is 0 Å². The minimum absolute atomic E-state index is 0.236. The van der Waals surface area contributed by atoms with E-state index in [0.717, 1.165) is 16.7 Å². The van der Waals surface area contributed by atoms with Gasteiger partial charge >= 0.3 is 6.03 Å². The van der Waals surface area contributed by atoms with E-state index in [0.29, 0.717) is 36.1 Å². The molecule has 3 aromatic rings. The van der Waals surface area contributed by atoms with Crippen LogP contribution in [-0.4, -0.2) is 27.3 Å². The fourth-order valence-corrected chi connectivity index (χ4v) is 3.24. The summed E-state index contributed by atoms with van der Waals surface area (Å²) in [5.41, 5.74) is 2.94. The van der Waals surface area contributed by atoms with Crippen molar-refractivity contribution in [3.8, 4) is 0 Å². The van der Waals surface area contributed by atoms with Crippen molar-refractivity contribution < 1.29 is 4.79 Å². The van der Waals surface area contributed by atoms with Gasteiger partial charge in [-0.3, -0.25) is 0 Å². The maximum atomic E-state index is 12.0. The van der Waals surface area contributed by atoms with Gasteiger partial charge in [0.05, 0.1) is 6.54 Å². The van der Waals surface area contributed by atoms with E-state index < -0.39 is 0 Å². The molecular formula is C19H19Cl2N5O. The number of hydrogen-bond acceptors (Lipinski definition) is 3. The summed E-state index contributed by atoms with van der Waals surface area (Å²) < 4.78 is 1.75. The zero-order valence-electron chi connectivity index (χ0n) is 14.5. The lowest BCUT2D eigenvalue weighted by Gasteiger charge is -2.10. The van der Waals surface area contributed by atoms with Crippen LogP contribution < -0.4 is 10.6 Å².